The molecule has 0 spiro atoms. The standard InChI is InChI=1S/C11H14FNO2S/c1-8-6-16(14,15)7-11(13-8)9-4-2-3-5-10(9)12/h2-5,8,11,13H,6-7H2,1H3. The predicted octanol–water partition coefficient (Wildman–Crippen LogP) is 1.27. The smallest absolute Gasteiger partial charge is 0.153 e. The number of sulfone groups is 1. The summed E-state index contributed by atoms with van der Waals surface area (Å²) in [6.07, 6.45) is 0. The van der Waals surface area contributed by atoms with Gasteiger partial charge in [-0.1, -0.05) is 18.2 Å². The van der Waals surface area contributed by atoms with Gasteiger partial charge in [0.1, 0.15) is 5.82 Å². The quantitative estimate of drug-likeness (QED) is 0.808. The van der Waals surface area contributed by atoms with Crippen LogP contribution in [0.5, 0.6) is 0 Å². The Morgan fingerprint density at radius 3 is 2.62 bits per heavy atom. The summed E-state index contributed by atoms with van der Waals surface area (Å²) >= 11 is 0. The molecule has 1 saturated heterocycles. The molecule has 0 radical (unpaired) electrons. The monoisotopic (exact) mass is 243 g/mol. The maximum Gasteiger partial charge on any atom is 0.153 e. The minimum Gasteiger partial charge on any atom is -0.305 e. The Balaban J connectivity index is 2.32. The lowest BCUT2D eigenvalue weighted by Crippen LogP contribution is -2.45. The second-order valence-corrected chi connectivity index (χ2v) is 6.37. The fourth-order valence-corrected chi connectivity index (χ4v) is 3.86. The molecule has 3 nitrogen and oxygen atoms in total. The van der Waals surface area contributed by atoms with Crippen molar-refractivity contribution in [2.24, 2.45) is 0 Å². The summed E-state index contributed by atoms with van der Waals surface area (Å²) < 4.78 is 36.7. The van der Waals surface area contributed by atoms with Crippen LogP contribution in [0.25, 0.3) is 0 Å². The third-order valence-electron chi connectivity index (χ3n) is 2.69. The molecular weight excluding hydrogens is 229 g/mol. The van der Waals surface area contributed by atoms with E-state index in [9.17, 15) is 12.8 Å². The number of benzene rings is 1. The molecule has 88 valence electrons. The highest BCUT2D eigenvalue weighted by atomic mass is 32.2. The first kappa shape index (κ1) is 11.5. The summed E-state index contributed by atoms with van der Waals surface area (Å²) in [4.78, 5) is 0. The highest BCUT2D eigenvalue weighted by Gasteiger charge is 2.30. The molecule has 2 atom stereocenters. The SMILES string of the molecule is CC1CS(=O)(=O)CC(c2ccccc2F)N1. The van der Waals surface area contributed by atoms with Crippen molar-refractivity contribution in [3.05, 3.63) is 35.6 Å². The van der Waals surface area contributed by atoms with E-state index in [1.807, 2.05) is 0 Å². The first-order valence-corrected chi connectivity index (χ1v) is 7.01. The van der Waals surface area contributed by atoms with Crippen LogP contribution >= 0.6 is 0 Å². The van der Waals surface area contributed by atoms with Crippen molar-refractivity contribution in [3.8, 4) is 0 Å². The second-order valence-electron chi connectivity index (χ2n) is 4.22. The molecule has 1 aromatic carbocycles. The molecule has 0 aliphatic carbocycles. The number of nitrogens with one attached hydrogen (secondary N) is 1. The van der Waals surface area contributed by atoms with Gasteiger partial charge >= 0.3 is 0 Å². The highest BCUT2D eigenvalue weighted by molar-refractivity contribution is 7.91. The van der Waals surface area contributed by atoms with Crippen LogP contribution < -0.4 is 5.32 Å². The van der Waals surface area contributed by atoms with Crippen LogP contribution in [0.1, 0.15) is 18.5 Å². The zero-order chi connectivity index (χ0) is 11.8. The Morgan fingerprint density at radius 2 is 2.00 bits per heavy atom. The van der Waals surface area contributed by atoms with Gasteiger partial charge in [0.25, 0.3) is 0 Å². The molecule has 0 saturated carbocycles. The van der Waals surface area contributed by atoms with Crippen molar-refractivity contribution in [2.45, 2.75) is 19.0 Å². The fraction of sp³-hybridized carbons (Fsp3) is 0.455. The number of halogens is 1. The largest absolute Gasteiger partial charge is 0.305 e. The zero-order valence-electron chi connectivity index (χ0n) is 8.98. The molecule has 2 unspecified atom stereocenters. The van der Waals surface area contributed by atoms with Crippen molar-refractivity contribution < 1.29 is 12.8 Å². The lowest BCUT2D eigenvalue weighted by molar-refractivity contribution is 0.454. The molecule has 1 fully saturated rings. The second kappa shape index (κ2) is 4.14. The molecule has 1 aliphatic heterocycles. The molecule has 0 bridgehead atoms. The molecule has 0 aromatic heterocycles. The summed E-state index contributed by atoms with van der Waals surface area (Å²) in [7, 11) is -3.08. The van der Waals surface area contributed by atoms with Gasteiger partial charge in [-0.15, -0.1) is 0 Å². The Bertz CT molecular complexity index is 487. The highest BCUT2D eigenvalue weighted by Crippen LogP contribution is 2.23. The van der Waals surface area contributed by atoms with Crippen molar-refractivity contribution in [1.82, 2.24) is 5.32 Å². The van der Waals surface area contributed by atoms with E-state index in [1.54, 1.807) is 25.1 Å². The third kappa shape index (κ3) is 2.41. The van der Waals surface area contributed by atoms with E-state index in [0.29, 0.717) is 5.56 Å². The van der Waals surface area contributed by atoms with Gasteiger partial charge in [0.15, 0.2) is 9.84 Å². The number of hydrogen-bond donors (Lipinski definition) is 1. The first-order chi connectivity index (χ1) is 7.48. The minimum atomic E-state index is -3.08. The van der Waals surface area contributed by atoms with Gasteiger partial charge in [0.2, 0.25) is 0 Å². The van der Waals surface area contributed by atoms with Crippen molar-refractivity contribution >= 4 is 9.84 Å². The van der Waals surface area contributed by atoms with Gasteiger partial charge in [-0.05, 0) is 13.0 Å². The Labute approximate surface area is 94.6 Å². The molecule has 16 heavy (non-hydrogen) atoms. The summed E-state index contributed by atoms with van der Waals surface area (Å²) in [6.45, 7) is 1.80. The summed E-state index contributed by atoms with van der Waals surface area (Å²) in [6, 6.07) is 5.72. The van der Waals surface area contributed by atoms with Crippen LogP contribution in [-0.4, -0.2) is 26.0 Å². The van der Waals surface area contributed by atoms with Gasteiger partial charge < -0.3 is 5.32 Å². The average Bonchev–Trinajstić information content (AvgIpc) is 2.15. The van der Waals surface area contributed by atoms with E-state index in [4.69, 9.17) is 0 Å². The zero-order valence-corrected chi connectivity index (χ0v) is 9.80. The van der Waals surface area contributed by atoms with Gasteiger partial charge in [0.05, 0.1) is 11.5 Å². The maximum absolute atomic E-state index is 13.5. The minimum absolute atomic E-state index is 0.0295. The lowest BCUT2D eigenvalue weighted by atomic mass is 10.1. The molecule has 2 rings (SSSR count). The van der Waals surface area contributed by atoms with Crippen molar-refractivity contribution in [1.29, 1.82) is 0 Å². The molecule has 0 amide bonds. The van der Waals surface area contributed by atoms with Crippen molar-refractivity contribution in [2.75, 3.05) is 11.5 Å². The van der Waals surface area contributed by atoms with Crippen LogP contribution in [0, 0.1) is 5.82 Å². The van der Waals surface area contributed by atoms with E-state index in [-0.39, 0.29) is 23.4 Å². The van der Waals surface area contributed by atoms with Crippen LogP contribution in [-0.2, 0) is 9.84 Å². The van der Waals surface area contributed by atoms with Gasteiger partial charge in [-0.25, -0.2) is 12.8 Å². The fourth-order valence-electron chi connectivity index (χ4n) is 2.08. The van der Waals surface area contributed by atoms with Gasteiger partial charge in [-0.2, -0.15) is 0 Å². The third-order valence-corrected chi connectivity index (χ3v) is 4.54. The molecular formula is C11H14FNO2S. The van der Waals surface area contributed by atoms with Gasteiger partial charge in [0, 0.05) is 17.6 Å². The summed E-state index contributed by atoms with van der Waals surface area (Å²) in [5, 5.41) is 3.11. The van der Waals surface area contributed by atoms with Crippen LogP contribution in [0.15, 0.2) is 24.3 Å². The Hall–Kier alpha value is -0.940. The van der Waals surface area contributed by atoms with E-state index in [0.717, 1.165) is 0 Å². The van der Waals surface area contributed by atoms with E-state index < -0.39 is 15.9 Å². The Kier molecular flexibility index (Phi) is 2.99. The number of rotatable bonds is 1. The van der Waals surface area contributed by atoms with Crippen LogP contribution in [0.4, 0.5) is 4.39 Å². The van der Waals surface area contributed by atoms with E-state index >= 15 is 0 Å². The molecule has 5 heteroatoms. The Morgan fingerprint density at radius 1 is 1.31 bits per heavy atom. The van der Waals surface area contributed by atoms with Crippen LogP contribution in [0.2, 0.25) is 0 Å². The number of hydrogen-bond acceptors (Lipinski definition) is 3. The van der Waals surface area contributed by atoms with E-state index in [2.05, 4.69) is 5.32 Å². The van der Waals surface area contributed by atoms with Crippen LogP contribution in [0.3, 0.4) is 0 Å². The summed E-state index contributed by atoms with van der Waals surface area (Å²) in [5.41, 5.74) is 0.428. The average molecular weight is 243 g/mol. The topological polar surface area (TPSA) is 46.2 Å². The summed E-state index contributed by atoms with van der Waals surface area (Å²) in [5.74, 6) is -0.264. The lowest BCUT2D eigenvalue weighted by Gasteiger charge is -2.29. The molecule has 1 aliphatic rings. The first-order valence-electron chi connectivity index (χ1n) is 5.19. The normalized spacial score (nSPS) is 28.9. The molecule has 1 aromatic rings. The molecule has 1 N–H and O–H groups in total. The predicted molar refractivity (Wildman–Crippen MR) is 60.4 cm³/mol. The van der Waals surface area contributed by atoms with E-state index in [1.165, 1.54) is 6.07 Å². The molecule has 1 heterocycles. The van der Waals surface area contributed by atoms with Gasteiger partial charge in [-0.3, -0.25) is 0 Å². The van der Waals surface area contributed by atoms with Crippen molar-refractivity contribution in [3.63, 3.8) is 0 Å². The maximum atomic E-state index is 13.5.